The van der Waals surface area contributed by atoms with Gasteiger partial charge < -0.3 is 10.7 Å². The SMILES string of the molecule is CC(=O)Nc1ccc(NN(C)C)c([N+](=O)[O-])c1. The molecule has 92 valence electrons. The minimum Gasteiger partial charge on any atom is -0.326 e. The fraction of sp³-hybridized carbons (Fsp3) is 0.300. The highest BCUT2D eigenvalue weighted by atomic mass is 16.6. The molecule has 0 heterocycles. The van der Waals surface area contributed by atoms with Gasteiger partial charge in [-0.05, 0) is 12.1 Å². The molecule has 0 aliphatic rings. The Kier molecular flexibility index (Phi) is 4.00. The lowest BCUT2D eigenvalue weighted by atomic mass is 10.2. The van der Waals surface area contributed by atoms with Crippen LogP contribution in [-0.4, -0.2) is 29.9 Å². The molecule has 0 aromatic heterocycles. The van der Waals surface area contributed by atoms with Gasteiger partial charge in [0.2, 0.25) is 5.91 Å². The second-order valence-corrected chi connectivity index (χ2v) is 3.68. The maximum atomic E-state index is 10.9. The van der Waals surface area contributed by atoms with Crippen molar-refractivity contribution in [3.05, 3.63) is 28.3 Å². The van der Waals surface area contributed by atoms with E-state index in [1.165, 1.54) is 13.0 Å². The number of benzene rings is 1. The second kappa shape index (κ2) is 5.26. The van der Waals surface area contributed by atoms with Gasteiger partial charge in [-0.15, -0.1) is 0 Å². The molecule has 0 atom stereocenters. The summed E-state index contributed by atoms with van der Waals surface area (Å²) >= 11 is 0. The van der Waals surface area contributed by atoms with Gasteiger partial charge >= 0.3 is 0 Å². The summed E-state index contributed by atoms with van der Waals surface area (Å²) in [6.45, 7) is 1.35. The predicted octanol–water partition coefficient (Wildman–Crippen LogP) is 1.44. The van der Waals surface area contributed by atoms with E-state index in [1.54, 1.807) is 31.2 Å². The molecule has 1 rings (SSSR count). The van der Waals surface area contributed by atoms with E-state index >= 15 is 0 Å². The smallest absolute Gasteiger partial charge is 0.295 e. The summed E-state index contributed by atoms with van der Waals surface area (Å²) in [6, 6.07) is 4.46. The molecule has 17 heavy (non-hydrogen) atoms. The molecule has 2 N–H and O–H groups in total. The number of hydrogen-bond acceptors (Lipinski definition) is 5. The van der Waals surface area contributed by atoms with Gasteiger partial charge in [-0.3, -0.25) is 14.9 Å². The van der Waals surface area contributed by atoms with Crippen molar-refractivity contribution in [2.75, 3.05) is 24.8 Å². The maximum absolute atomic E-state index is 10.9. The third-order valence-corrected chi connectivity index (χ3v) is 1.86. The van der Waals surface area contributed by atoms with E-state index < -0.39 is 4.92 Å². The van der Waals surface area contributed by atoms with Gasteiger partial charge in [0.1, 0.15) is 5.69 Å². The monoisotopic (exact) mass is 238 g/mol. The fourth-order valence-electron chi connectivity index (χ4n) is 1.30. The molecule has 1 amide bonds. The summed E-state index contributed by atoms with van der Waals surface area (Å²) in [6.07, 6.45) is 0. The van der Waals surface area contributed by atoms with Crippen LogP contribution in [0.1, 0.15) is 6.92 Å². The highest BCUT2D eigenvalue weighted by molar-refractivity contribution is 5.89. The first kappa shape index (κ1) is 12.9. The molecule has 7 heteroatoms. The Morgan fingerprint density at radius 1 is 1.41 bits per heavy atom. The van der Waals surface area contributed by atoms with E-state index in [1.807, 2.05) is 0 Å². The minimum absolute atomic E-state index is 0.0926. The Bertz CT molecular complexity index is 445. The molecular weight excluding hydrogens is 224 g/mol. The molecule has 0 aliphatic carbocycles. The van der Waals surface area contributed by atoms with E-state index in [2.05, 4.69) is 10.7 Å². The van der Waals surface area contributed by atoms with Crippen molar-refractivity contribution < 1.29 is 9.72 Å². The maximum Gasteiger partial charge on any atom is 0.295 e. The summed E-state index contributed by atoms with van der Waals surface area (Å²) < 4.78 is 0. The Morgan fingerprint density at radius 3 is 2.53 bits per heavy atom. The van der Waals surface area contributed by atoms with Crippen molar-refractivity contribution in [1.82, 2.24) is 5.01 Å². The number of anilines is 2. The van der Waals surface area contributed by atoms with Crippen LogP contribution in [0.15, 0.2) is 18.2 Å². The van der Waals surface area contributed by atoms with E-state index in [9.17, 15) is 14.9 Å². The average molecular weight is 238 g/mol. The third kappa shape index (κ3) is 3.72. The largest absolute Gasteiger partial charge is 0.326 e. The van der Waals surface area contributed by atoms with Gasteiger partial charge in [0.15, 0.2) is 0 Å². The molecule has 0 aliphatic heterocycles. The molecule has 1 aromatic carbocycles. The van der Waals surface area contributed by atoms with Crippen LogP contribution in [0.4, 0.5) is 17.1 Å². The Morgan fingerprint density at radius 2 is 2.06 bits per heavy atom. The predicted molar refractivity (Wildman–Crippen MR) is 64.7 cm³/mol. The molecule has 1 aromatic rings. The molecule has 0 radical (unpaired) electrons. The zero-order valence-corrected chi connectivity index (χ0v) is 9.85. The topological polar surface area (TPSA) is 87.5 Å². The number of hydrogen-bond donors (Lipinski definition) is 2. The lowest BCUT2D eigenvalue weighted by Crippen LogP contribution is -2.20. The number of carbonyl (C=O) groups excluding carboxylic acids is 1. The number of carbonyl (C=O) groups is 1. The van der Waals surface area contributed by atoms with E-state index in [4.69, 9.17) is 0 Å². The first-order valence-electron chi connectivity index (χ1n) is 4.90. The normalized spacial score (nSPS) is 10.1. The van der Waals surface area contributed by atoms with E-state index in [-0.39, 0.29) is 11.6 Å². The van der Waals surface area contributed by atoms with E-state index in [0.717, 1.165) is 0 Å². The quantitative estimate of drug-likeness (QED) is 0.612. The van der Waals surface area contributed by atoms with Crippen LogP contribution in [0.25, 0.3) is 0 Å². The molecule has 0 spiro atoms. The van der Waals surface area contributed by atoms with Gasteiger partial charge in [-0.1, -0.05) is 0 Å². The molecule has 0 saturated carbocycles. The molecule has 0 fully saturated rings. The summed E-state index contributed by atoms with van der Waals surface area (Å²) in [5.41, 5.74) is 3.49. The summed E-state index contributed by atoms with van der Waals surface area (Å²) in [5, 5.41) is 15.0. The molecule has 0 unspecified atom stereocenters. The summed E-state index contributed by atoms with van der Waals surface area (Å²) in [4.78, 5) is 21.2. The van der Waals surface area contributed by atoms with Crippen LogP contribution in [0.5, 0.6) is 0 Å². The van der Waals surface area contributed by atoms with Crippen LogP contribution in [0, 0.1) is 10.1 Å². The van der Waals surface area contributed by atoms with Gasteiger partial charge in [-0.2, -0.15) is 0 Å². The summed E-state index contributed by atoms with van der Waals surface area (Å²) in [5.74, 6) is -0.271. The third-order valence-electron chi connectivity index (χ3n) is 1.86. The van der Waals surface area contributed by atoms with Crippen molar-refractivity contribution in [2.24, 2.45) is 0 Å². The Hall–Kier alpha value is -2.15. The zero-order valence-electron chi connectivity index (χ0n) is 9.85. The van der Waals surface area contributed by atoms with Gasteiger partial charge in [0.25, 0.3) is 5.69 Å². The summed E-state index contributed by atoms with van der Waals surface area (Å²) in [7, 11) is 3.46. The number of nitrogens with zero attached hydrogens (tertiary/aromatic N) is 2. The first-order chi connectivity index (χ1) is 7.90. The first-order valence-corrected chi connectivity index (χ1v) is 4.90. The van der Waals surface area contributed by atoms with Crippen LogP contribution in [0.3, 0.4) is 0 Å². The Balaban J connectivity index is 3.08. The van der Waals surface area contributed by atoms with E-state index in [0.29, 0.717) is 11.4 Å². The molecule has 7 nitrogen and oxygen atoms in total. The fourth-order valence-corrected chi connectivity index (χ4v) is 1.30. The van der Waals surface area contributed by atoms with Crippen molar-refractivity contribution >= 4 is 23.0 Å². The van der Waals surface area contributed by atoms with Gasteiger partial charge in [-0.25, -0.2) is 5.01 Å². The minimum atomic E-state index is -0.503. The number of nitro groups is 1. The molecule has 0 saturated heterocycles. The number of nitro benzene ring substituents is 1. The lowest BCUT2D eigenvalue weighted by Gasteiger charge is -2.14. The van der Waals surface area contributed by atoms with Crippen molar-refractivity contribution in [3.8, 4) is 0 Å². The number of hydrazine groups is 1. The Labute approximate surface area is 98.5 Å². The van der Waals surface area contributed by atoms with Gasteiger partial charge in [0, 0.05) is 32.8 Å². The van der Waals surface area contributed by atoms with Crippen molar-refractivity contribution in [3.63, 3.8) is 0 Å². The van der Waals surface area contributed by atoms with Crippen molar-refractivity contribution in [2.45, 2.75) is 6.92 Å². The highest BCUT2D eigenvalue weighted by Gasteiger charge is 2.15. The van der Waals surface area contributed by atoms with Crippen molar-refractivity contribution in [1.29, 1.82) is 0 Å². The van der Waals surface area contributed by atoms with Crippen LogP contribution in [-0.2, 0) is 4.79 Å². The highest BCUT2D eigenvalue weighted by Crippen LogP contribution is 2.27. The number of nitrogens with one attached hydrogen (secondary N) is 2. The van der Waals surface area contributed by atoms with Crippen LogP contribution >= 0.6 is 0 Å². The second-order valence-electron chi connectivity index (χ2n) is 3.68. The lowest BCUT2D eigenvalue weighted by molar-refractivity contribution is -0.384. The molecule has 0 bridgehead atoms. The van der Waals surface area contributed by atoms with Gasteiger partial charge in [0.05, 0.1) is 4.92 Å². The molecular formula is C10H14N4O3. The average Bonchev–Trinajstić information content (AvgIpc) is 2.18. The number of amides is 1. The van der Waals surface area contributed by atoms with Crippen LogP contribution in [0.2, 0.25) is 0 Å². The standard InChI is InChI=1S/C10H14N4O3/c1-7(15)11-8-4-5-9(12-13(2)3)10(6-8)14(16)17/h4-6,12H,1-3H3,(H,11,15). The van der Waals surface area contributed by atoms with Crippen LogP contribution < -0.4 is 10.7 Å². The zero-order chi connectivity index (χ0) is 13.0. The number of rotatable bonds is 4.